The van der Waals surface area contributed by atoms with Gasteiger partial charge >= 0.3 is 0 Å². The number of carbonyl (C=O) groups excluding carboxylic acids is 2. The molecule has 0 radical (unpaired) electrons. The molecule has 1 fully saturated rings. The lowest BCUT2D eigenvalue weighted by molar-refractivity contribution is -0.142. The number of para-hydroxylation sites is 3. The van der Waals surface area contributed by atoms with Gasteiger partial charge in [-0.15, -0.1) is 0 Å². The van der Waals surface area contributed by atoms with Crippen LogP contribution in [0, 0.1) is 11.8 Å². The van der Waals surface area contributed by atoms with Crippen LogP contribution < -0.4 is 14.4 Å². The van der Waals surface area contributed by atoms with Gasteiger partial charge in [-0.05, 0) is 43.0 Å². The number of nitrogens with zero attached hydrogens (tertiary/aromatic N) is 2. The Hall–Kier alpha value is -3.02. The summed E-state index contributed by atoms with van der Waals surface area (Å²) >= 11 is 0. The van der Waals surface area contributed by atoms with E-state index in [0.717, 1.165) is 43.5 Å². The summed E-state index contributed by atoms with van der Waals surface area (Å²) in [5, 5.41) is 0. The third-order valence-corrected chi connectivity index (χ3v) is 6.97. The Kier molecular flexibility index (Phi) is 5.77. The Labute approximate surface area is 189 Å². The van der Waals surface area contributed by atoms with Gasteiger partial charge in [-0.3, -0.25) is 9.59 Å². The average Bonchev–Trinajstić information content (AvgIpc) is 3.27. The molecule has 0 saturated heterocycles. The van der Waals surface area contributed by atoms with Gasteiger partial charge in [0.05, 0.1) is 12.5 Å². The van der Waals surface area contributed by atoms with Gasteiger partial charge in [0, 0.05) is 25.2 Å². The molecule has 6 heteroatoms. The summed E-state index contributed by atoms with van der Waals surface area (Å²) < 4.78 is 11.8. The highest BCUT2D eigenvalue weighted by Gasteiger charge is 2.41. The highest BCUT2D eigenvalue weighted by atomic mass is 16.6. The molecule has 0 bridgehead atoms. The number of ether oxygens (including phenoxy) is 2. The second-order valence-corrected chi connectivity index (χ2v) is 9.08. The van der Waals surface area contributed by atoms with E-state index in [4.69, 9.17) is 9.47 Å². The second-order valence-electron chi connectivity index (χ2n) is 9.08. The lowest BCUT2D eigenvalue weighted by atomic mass is 9.77. The van der Waals surface area contributed by atoms with Gasteiger partial charge in [0.25, 0.3) is 0 Å². The Morgan fingerprint density at radius 3 is 2.56 bits per heavy atom. The first kappa shape index (κ1) is 20.9. The number of fused-ring (bicyclic) bond motifs is 2. The Balaban J connectivity index is 1.26. The van der Waals surface area contributed by atoms with Gasteiger partial charge in [0.15, 0.2) is 17.6 Å². The average molecular weight is 435 g/mol. The van der Waals surface area contributed by atoms with E-state index in [-0.39, 0.29) is 29.8 Å². The monoisotopic (exact) mass is 434 g/mol. The van der Waals surface area contributed by atoms with Crippen molar-refractivity contribution in [3.05, 3.63) is 54.1 Å². The number of benzene rings is 2. The van der Waals surface area contributed by atoms with Gasteiger partial charge in [-0.25, -0.2) is 0 Å². The maximum Gasteiger partial charge on any atom is 0.230 e. The molecule has 1 aliphatic carbocycles. The zero-order chi connectivity index (χ0) is 22.1. The minimum Gasteiger partial charge on any atom is -0.486 e. The molecular formula is C26H30N2O4. The lowest BCUT2D eigenvalue weighted by Gasteiger charge is -2.36. The quantitative estimate of drug-likeness (QED) is 0.737. The number of anilines is 1. The van der Waals surface area contributed by atoms with Crippen molar-refractivity contribution in [2.75, 3.05) is 31.6 Å². The number of hydrogen-bond donors (Lipinski definition) is 0. The highest BCUT2D eigenvalue weighted by Crippen LogP contribution is 2.37. The minimum absolute atomic E-state index is 0.0398. The summed E-state index contributed by atoms with van der Waals surface area (Å²) in [6, 6.07) is 15.7. The fraction of sp³-hybridized carbons (Fsp3) is 0.462. The van der Waals surface area contributed by atoms with Crippen LogP contribution in [0.5, 0.6) is 11.5 Å². The molecule has 168 valence electrons. The first-order chi connectivity index (χ1) is 15.6. The molecule has 3 atom stereocenters. The van der Waals surface area contributed by atoms with Crippen molar-refractivity contribution >= 4 is 17.5 Å². The summed E-state index contributed by atoms with van der Waals surface area (Å²) in [5.41, 5.74) is 2.22. The van der Waals surface area contributed by atoms with Crippen LogP contribution in [0.2, 0.25) is 0 Å². The van der Waals surface area contributed by atoms with Crippen LogP contribution in [0.1, 0.15) is 31.2 Å². The van der Waals surface area contributed by atoms with Gasteiger partial charge in [0.1, 0.15) is 6.61 Å². The molecule has 2 heterocycles. The fourth-order valence-electron chi connectivity index (χ4n) is 5.32. The molecule has 1 saturated carbocycles. The Morgan fingerprint density at radius 1 is 1.00 bits per heavy atom. The van der Waals surface area contributed by atoms with Gasteiger partial charge in [-0.1, -0.05) is 43.2 Å². The van der Waals surface area contributed by atoms with E-state index in [0.29, 0.717) is 25.4 Å². The van der Waals surface area contributed by atoms with Crippen LogP contribution in [0.4, 0.5) is 5.69 Å². The predicted octanol–water partition coefficient (Wildman–Crippen LogP) is 3.68. The van der Waals surface area contributed by atoms with E-state index in [2.05, 4.69) is 6.07 Å². The number of rotatable bonds is 4. The van der Waals surface area contributed by atoms with E-state index in [1.807, 2.05) is 54.4 Å². The predicted molar refractivity (Wildman–Crippen MR) is 122 cm³/mol. The van der Waals surface area contributed by atoms with Crippen molar-refractivity contribution in [1.29, 1.82) is 0 Å². The molecule has 32 heavy (non-hydrogen) atoms. The third kappa shape index (κ3) is 3.94. The molecule has 2 aromatic carbocycles. The molecule has 2 aromatic rings. The molecule has 2 amide bonds. The molecule has 0 N–H and O–H groups in total. The SMILES string of the molecule is CN(CC1COc2ccccc2O1)C(=O)C1CCCCC1C(=O)N1CCc2ccccc21. The van der Waals surface area contributed by atoms with Crippen LogP contribution >= 0.6 is 0 Å². The van der Waals surface area contributed by atoms with E-state index in [9.17, 15) is 9.59 Å². The van der Waals surface area contributed by atoms with Gasteiger partial charge < -0.3 is 19.3 Å². The van der Waals surface area contributed by atoms with Gasteiger partial charge in [0.2, 0.25) is 11.8 Å². The molecular weight excluding hydrogens is 404 g/mol. The van der Waals surface area contributed by atoms with Crippen molar-refractivity contribution < 1.29 is 19.1 Å². The van der Waals surface area contributed by atoms with E-state index in [1.54, 1.807) is 4.90 Å². The van der Waals surface area contributed by atoms with Crippen LogP contribution in [0.15, 0.2) is 48.5 Å². The van der Waals surface area contributed by atoms with Crippen molar-refractivity contribution in [3.8, 4) is 11.5 Å². The smallest absolute Gasteiger partial charge is 0.230 e. The standard InChI is InChI=1S/C26H30N2O4/c1-27(16-19-17-31-23-12-6-7-13-24(23)32-19)25(29)20-9-3-4-10-21(20)26(30)28-15-14-18-8-2-5-11-22(18)28/h2,5-8,11-13,19-21H,3-4,9-10,14-17H2,1H3. The summed E-state index contributed by atoms with van der Waals surface area (Å²) in [7, 11) is 1.81. The lowest BCUT2D eigenvalue weighted by Crippen LogP contribution is -2.48. The van der Waals surface area contributed by atoms with Crippen LogP contribution in [0.25, 0.3) is 0 Å². The number of likely N-dealkylation sites (N-methyl/N-ethyl adjacent to an activating group) is 1. The van der Waals surface area contributed by atoms with Crippen molar-refractivity contribution in [2.24, 2.45) is 11.8 Å². The number of hydrogen-bond acceptors (Lipinski definition) is 4. The molecule has 2 aliphatic heterocycles. The van der Waals surface area contributed by atoms with Crippen molar-refractivity contribution in [2.45, 2.75) is 38.2 Å². The minimum atomic E-state index is -0.272. The largest absolute Gasteiger partial charge is 0.486 e. The summed E-state index contributed by atoms with van der Waals surface area (Å²) in [6.07, 6.45) is 4.18. The molecule has 5 rings (SSSR count). The Morgan fingerprint density at radius 2 is 1.72 bits per heavy atom. The van der Waals surface area contributed by atoms with E-state index in [1.165, 1.54) is 5.56 Å². The van der Waals surface area contributed by atoms with E-state index >= 15 is 0 Å². The zero-order valence-corrected chi connectivity index (χ0v) is 18.5. The molecule has 0 spiro atoms. The van der Waals surface area contributed by atoms with Gasteiger partial charge in [-0.2, -0.15) is 0 Å². The molecule has 3 aliphatic rings. The molecule has 6 nitrogen and oxygen atoms in total. The Bertz CT molecular complexity index is 1010. The summed E-state index contributed by atoms with van der Waals surface area (Å²) in [5.74, 6) is 1.06. The highest BCUT2D eigenvalue weighted by molar-refractivity contribution is 5.99. The first-order valence-corrected chi connectivity index (χ1v) is 11.6. The second kappa shape index (κ2) is 8.85. The normalized spacial score (nSPS) is 24.0. The summed E-state index contributed by atoms with van der Waals surface area (Å²) in [4.78, 5) is 30.6. The number of amides is 2. The molecule has 0 aromatic heterocycles. The fourth-order valence-corrected chi connectivity index (χ4v) is 5.32. The van der Waals surface area contributed by atoms with Crippen molar-refractivity contribution in [1.82, 2.24) is 4.90 Å². The summed E-state index contributed by atoms with van der Waals surface area (Å²) in [6.45, 7) is 1.56. The zero-order valence-electron chi connectivity index (χ0n) is 18.5. The topological polar surface area (TPSA) is 59.1 Å². The first-order valence-electron chi connectivity index (χ1n) is 11.6. The maximum atomic E-state index is 13.5. The van der Waals surface area contributed by atoms with E-state index < -0.39 is 0 Å². The van der Waals surface area contributed by atoms with Crippen LogP contribution in [0.3, 0.4) is 0 Å². The maximum absolute atomic E-state index is 13.5. The molecule has 3 unspecified atom stereocenters. The third-order valence-electron chi connectivity index (χ3n) is 6.97. The van der Waals surface area contributed by atoms with Crippen LogP contribution in [-0.4, -0.2) is 49.6 Å². The number of carbonyl (C=O) groups is 2. The van der Waals surface area contributed by atoms with Crippen molar-refractivity contribution in [3.63, 3.8) is 0 Å². The van der Waals surface area contributed by atoms with Crippen LogP contribution in [-0.2, 0) is 16.0 Å².